The van der Waals surface area contributed by atoms with E-state index in [1.165, 1.54) is 24.4 Å². The van der Waals surface area contributed by atoms with Crippen molar-refractivity contribution in [2.45, 2.75) is 6.18 Å². The molecular weight excluding hydrogens is 323 g/mol. The molecule has 1 heterocycles. The quantitative estimate of drug-likeness (QED) is 0.670. The average Bonchev–Trinajstić information content (AvgIpc) is 3.02. The maximum Gasteiger partial charge on any atom is 0.416 e. The van der Waals surface area contributed by atoms with E-state index in [1.54, 1.807) is 18.2 Å². The van der Waals surface area contributed by atoms with Gasteiger partial charge < -0.3 is 14.8 Å². The van der Waals surface area contributed by atoms with E-state index in [4.69, 9.17) is 9.47 Å². The summed E-state index contributed by atoms with van der Waals surface area (Å²) in [6.45, 7) is 0.123. The molecule has 0 radical (unpaired) electrons. The minimum Gasteiger partial charge on any atom is -0.454 e. The number of ether oxygens (including phenoxy) is 2. The predicted octanol–water partition coefficient (Wildman–Crippen LogP) is 4.24. The molecule has 2 aromatic rings. The minimum absolute atomic E-state index is 0.123. The summed E-state index contributed by atoms with van der Waals surface area (Å²) in [7, 11) is 0. The van der Waals surface area contributed by atoms with Gasteiger partial charge in [0.2, 0.25) is 6.79 Å². The number of fused-ring (bicyclic) bond motifs is 1. The van der Waals surface area contributed by atoms with E-state index in [0.717, 1.165) is 12.1 Å². The van der Waals surface area contributed by atoms with Crippen molar-refractivity contribution in [2.24, 2.45) is 0 Å². The number of benzene rings is 2. The zero-order valence-corrected chi connectivity index (χ0v) is 12.3. The molecule has 0 amide bonds. The molecule has 0 saturated heterocycles. The molecule has 0 unspecified atom stereocenters. The second-order valence-corrected chi connectivity index (χ2v) is 4.99. The number of hydrogen-bond acceptors (Lipinski definition) is 4. The van der Waals surface area contributed by atoms with Gasteiger partial charge in [0, 0.05) is 23.5 Å². The Morgan fingerprint density at radius 3 is 2.46 bits per heavy atom. The topological polar surface area (TPSA) is 47.6 Å². The first-order valence-electron chi connectivity index (χ1n) is 6.98. The average molecular weight is 335 g/mol. The van der Waals surface area contributed by atoms with Crippen LogP contribution in [-0.2, 0) is 6.18 Å². The molecular formula is C17H12F3NO3. The molecule has 0 spiro atoms. The van der Waals surface area contributed by atoms with E-state index in [9.17, 15) is 18.0 Å². The van der Waals surface area contributed by atoms with Gasteiger partial charge in [-0.15, -0.1) is 0 Å². The van der Waals surface area contributed by atoms with E-state index in [2.05, 4.69) is 5.32 Å². The lowest BCUT2D eigenvalue weighted by atomic mass is 10.1. The van der Waals surface area contributed by atoms with Gasteiger partial charge in [0.05, 0.1) is 5.56 Å². The molecule has 1 N–H and O–H groups in total. The Balaban J connectivity index is 1.62. The van der Waals surface area contributed by atoms with Gasteiger partial charge >= 0.3 is 6.18 Å². The van der Waals surface area contributed by atoms with E-state index >= 15 is 0 Å². The Bertz CT molecular complexity index is 783. The molecule has 3 rings (SSSR count). The molecule has 1 aliphatic rings. The summed E-state index contributed by atoms with van der Waals surface area (Å²) in [5.74, 6) is 0.816. The van der Waals surface area contributed by atoms with Crippen LogP contribution in [0.1, 0.15) is 15.9 Å². The fourth-order valence-corrected chi connectivity index (χ4v) is 2.12. The lowest BCUT2D eigenvalue weighted by Crippen LogP contribution is -2.04. The smallest absolute Gasteiger partial charge is 0.416 e. The number of ketones is 1. The highest BCUT2D eigenvalue weighted by Gasteiger charge is 2.29. The van der Waals surface area contributed by atoms with Gasteiger partial charge in [-0.25, -0.2) is 0 Å². The third kappa shape index (κ3) is 3.51. The third-order valence-corrected chi connectivity index (χ3v) is 3.35. The first kappa shape index (κ1) is 15.9. The number of allylic oxidation sites excluding steroid dienone is 1. The van der Waals surface area contributed by atoms with Crippen LogP contribution in [0.15, 0.2) is 54.7 Å². The van der Waals surface area contributed by atoms with E-state index in [0.29, 0.717) is 22.7 Å². The lowest BCUT2D eigenvalue weighted by Gasteiger charge is -2.07. The summed E-state index contributed by atoms with van der Waals surface area (Å²) < 4.78 is 47.7. The van der Waals surface area contributed by atoms with Crippen molar-refractivity contribution >= 4 is 11.5 Å². The van der Waals surface area contributed by atoms with Crippen molar-refractivity contribution in [3.8, 4) is 11.5 Å². The summed E-state index contributed by atoms with van der Waals surface area (Å²) in [4.78, 5) is 12.0. The van der Waals surface area contributed by atoms with E-state index in [1.807, 2.05) is 0 Å². The van der Waals surface area contributed by atoms with Crippen LogP contribution in [0.4, 0.5) is 18.9 Å². The fourth-order valence-electron chi connectivity index (χ4n) is 2.12. The Labute approximate surface area is 135 Å². The van der Waals surface area contributed by atoms with Crippen LogP contribution in [0.25, 0.3) is 0 Å². The highest BCUT2D eigenvalue weighted by molar-refractivity contribution is 6.05. The Morgan fingerprint density at radius 2 is 1.75 bits per heavy atom. The standard InChI is InChI=1S/C17H12F3NO3/c18-17(19,20)12-2-4-13(5-3-12)21-8-7-14(22)11-1-6-15-16(9-11)24-10-23-15/h1-9,21H,10H2. The van der Waals surface area contributed by atoms with Crippen molar-refractivity contribution < 1.29 is 27.4 Å². The minimum atomic E-state index is -4.37. The first-order valence-corrected chi connectivity index (χ1v) is 6.98. The molecule has 24 heavy (non-hydrogen) atoms. The van der Waals surface area contributed by atoms with Gasteiger partial charge in [-0.3, -0.25) is 4.79 Å². The van der Waals surface area contributed by atoms with E-state index in [-0.39, 0.29) is 12.6 Å². The Hall–Kier alpha value is -2.96. The predicted molar refractivity (Wildman–Crippen MR) is 81.1 cm³/mol. The molecule has 0 fully saturated rings. The van der Waals surface area contributed by atoms with Gasteiger partial charge in [0.25, 0.3) is 0 Å². The van der Waals surface area contributed by atoms with Crippen LogP contribution in [-0.4, -0.2) is 12.6 Å². The molecule has 0 aromatic heterocycles. The number of alkyl halides is 3. The number of halogens is 3. The van der Waals surface area contributed by atoms with Crippen LogP contribution in [0.3, 0.4) is 0 Å². The zero-order chi connectivity index (χ0) is 17.2. The Kier molecular flexibility index (Phi) is 4.16. The van der Waals surface area contributed by atoms with Crippen molar-refractivity contribution in [1.29, 1.82) is 0 Å². The molecule has 2 aromatic carbocycles. The van der Waals surface area contributed by atoms with Crippen molar-refractivity contribution in [3.63, 3.8) is 0 Å². The number of anilines is 1. The van der Waals surface area contributed by atoms with Crippen LogP contribution < -0.4 is 14.8 Å². The number of nitrogens with one attached hydrogen (secondary N) is 1. The fraction of sp³-hybridized carbons (Fsp3) is 0.118. The van der Waals surface area contributed by atoms with Crippen LogP contribution >= 0.6 is 0 Å². The van der Waals surface area contributed by atoms with Gasteiger partial charge in [0.15, 0.2) is 17.3 Å². The van der Waals surface area contributed by atoms with Crippen molar-refractivity contribution in [2.75, 3.05) is 12.1 Å². The number of rotatable bonds is 4. The molecule has 7 heteroatoms. The third-order valence-electron chi connectivity index (χ3n) is 3.35. The largest absolute Gasteiger partial charge is 0.454 e. The second kappa shape index (κ2) is 6.27. The summed E-state index contributed by atoms with van der Waals surface area (Å²) in [5, 5.41) is 2.75. The summed E-state index contributed by atoms with van der Waals surface area (Å²) in [5.41, 5.74) is 0.135. The van der Waals surface area contributed by atoms with Crippen molar-refractivity contribution in [3.05, 3.63) is 65.9 Å². The highest BCUT2D eigenvalue weighted by Crippen LogP contribution is 2.32. The highest BCUT2D eigenvalue weighted by atomic mass is 19.4. The normalized spacial score (nSPS) is 13.3. The molecule has 4 nitrogen and oxygen atoms in total. The summed E-state index contributed by atoms with van der Waals surface area (Å²) in [6, 6.07) is 9.35. The number of hydrogen-bond donors (Lipinski definition) is 1. The Morgan fingerprint density at radius 1 is 1.04 bits per heavy atom. The number of carbonyl (C=O) groups excluding carboxylic acids is 1. The lowest BCUT2D eigenvalue weighted by molar-refractivity contribution is -0.137. The van der Waals surface area contributed by atoms with Gasteiger partial charge in [-0.05, 0) is 42.5 Å². The maximum atomic E-state index is 12.5. The molecule has 124 valence electrons. The zero-order valence-electron chi connectivity index (χ0n) is 12.3. The number of carbonyl (C=O) groups is 1. The summed E-state index contributed by atoms with van der Waals surface area (Å²) >= 11 is 0. The van der Waals surface area contributed by atoms with Crippen LogP contribution in [0, 0.1) is 0 Å². The molecule has 0 aliphatic carbocycles. The first-order chi connectivity index (χ1) is 11.4. The van der Waals surface area contributed by atoms with Gasteiger partial charge in [-0.2, -0.15) is 13.2 Å². The monoisotopic (exact) mass is 335 g/mol. The van der Waals surface area contributed by atoms with Gasteiger partial charge in [-0.1, -0.05) is 0 Å². The van der Waals surface area contributed by atoms with Crippen LogP contribution in [0.5, 0.6) is 11.5 Å². The molecule has 0 bridgehead atoms. The van der Waals surface area contributed by atoms with E-state index < -0.39 is 11.7 Å². The second-order valence-electron chi connectivity index (χ2n) is 4.99. The van der Waals surface area contributed by atoms with Crippen molar-refractivity contribution in [1.82, 2.24) is 0 Å². The van der Waals surface area contributed by atoms with Gasteiger partial charge in [0.1, 0.15) is 0 Å². The summed E-state index contributed by atoms with van der Waals surface area (Å²) in [6.07, 6.45) is -1.71. The molecule has 1 aliphatic heterocycles. The SMILES string of the molecule is O=C(C=CNc1ccc(C(F)(F)F)cc1)c1ccc2c(c1)OCO2. The maximum absolute atomic E-state index is 12.5. The van der Waals surface area contributed by atoms with Crippen LogP contribution in [0.2, 0.25) is 0 Å². The molecule has 0 atom stereocenters. The molecule has 0 saturated carbocycles.